The molecule has 2 heterocycles. The van der Waals surface area contributed by atoms with Gasteiger partial charge in [0.2, 0.25) is 0 Å². The summed E-state index contributed by atoms with van der Waals surface area (Å²) in [5.74, 6) is 1.56. The van der Waals surface area contributed by atoms with Gasteiger partial charge in [-0.1, -0.05) is 61.0 Å². The minimum absolute atomic E-state index is 0.0574. The maximum absolute atomic E-state index is 13.6. The minimum atomic E-state index is -0.269. The number of H-pyrrole nitrogens is 1. The molecule has 0 spiro atoms. The number of hydrogen-bond donors (Lipinski definition) is 1. The van der Waals surface area contributed by atoms with E-state index < -0.39 is 0 Å². The van der Waals surface area contributed by atoms with Crippen LogP contribution in [-0.4, -0.2) is 34.7 Å². The van der Waals surface area contributed by atoms with Crippen LogP contribution < -0.4 is 9.47 Å². The first-order valence-electron chi connectivity index (χ1n) is 11.9. The predicted octanol–water partition coefficient (Wildman–Crippen LogP) is 5.93. The largest absolute Gasteiger partial charge is 0.497 e. The van der Waals surface area contributed by atoms with Crippen LogP contribution in [0.15, 0.2) is 72.8 Å². The van der Waals surface area contributed by atoms with Gasteiger partial charge in [-0.3, -0.25) is 9.89 Å². The van der Waals surface area contributed by atoms with Gasteiger partial charge < -0.3 is 14.4 Å². The highest BCUT2D eigenvalue weighted by Gasteiger charge is 2.42. The molecule has 4 aromatic rings. The molecule has 0 radical (unpaired) electrons. The maximum Gasteiger partial charge on any atom is 0.273 e. The van der Waals surface area contributed by atoms with Gasteiger partial charge in [0.25, 0.3) is 5.91 Å². The van der Waals surface area contributed by atoms with Gasteiger partial charge in [-0.25, -0.2) is 0 Å². The third-order valence-electron chi connectivity index (χ3n) is 6.37. The summed E-state index contributed by atoms with van der Waals surface area (Å²) in [4.78, 5) is 15.5. The number of fused-ring (bicyclic) bond motifs is 1. The Morgan fingerprint density at radius 2 is 1.63 bits per heavy atom. The van der Waals surface area contributed by atoms with Crippen LogP contribution >= 0.6 is 0 Å². The van der Waals surface area contributed by atoms with E-state index in [4.69, 9.17) is 9.47 Å². The average molecular weight is 468 g/mol. The van der Waals surface area contributed by atoms with Gasteiger partial charge in [0.15, 0.2) is 0 Å². The van der Waals surface area contributed by atoms with Crippen molar-refractivity contribution in [2.75, 3.05) is 13.7 Å². The number of rotatable bonds is 8. The van der Waals surface area contributed by atoms with Gasteiger partial charge in [0.05, 0.1) is 25.5 Å². The zero-order valence-corrected chi connectivity index (χ0v) is 20.2. The van der Waals surface area contributed by atoms with Crippen LogP contribution in [0.25, 0.3) is 11.3 Å². The van der Waals surface area contributed by atoms with Gasteiger partial charge in [0.1, 0.15) is 17.2 Å². The Kier molecular flexibility index (Phi) is 6.27. The second kappa shape index (κ2) is 9.66. The van der Waals surface area contributed by atoms with E-state index in [0.29, 0.717) is 18.8 Å². The van der Waals surface area contributed by atoms with E-state index in [9.17, 15) is 4.79 Å². The Balaban J connectivity index is 1.56. The number of nitrogens with zero attached hydrogens (tertiary/aromatic N) is 2. The molecule has 1 aliphatic heterocycles. The highest BCUT2D eigenvalue weighted by Crippen LogP contribution is 2.43. The van der Waals surface area contributed by atoms with Crippen LogP contribution in [-0.2, 0) is 6.54 Å². The highest BCUT2D eigenvalue weighted by atomic mass is 16.5. The van der Waals surface area contributed by atoms with E-state index in [1.807, 2.05) is 53.4 Å². The van der Waals surface area contributed by atoms with Crippen molar-refractivity contribution in [3.63, 3.8) is 0 Å². The Morgan fingerprint density at radius 3 is 2.29 bits per heavy atom. The number of nitrogens with one attached hydrogen (secondary N) is 1. The molecule has 5 rings (SSSR count). The number of hydrogen-bond acceptors (Lipinski definition) is 4. The summed E-state index contributed by atoms with van der Waals surface area (Å²) in [5, 5.41) is 7.61. The number of aryl methyl sites for hydroxylation is 1. The van der Waals surface area contributed by atoms with E-state index in [2.05, 4.69) is 48.3 Å². The summed E-state index contributed by atoms with van der Waals surface area (Å²) in [7, 11) is 1.65. The summed E-state index contributed by atoms with van der Waals surface area (Å²) < 4.78 is 11.1. The number of aromatic amines is 1. The van der Waals surface area contributed by atoms with E-state index in [0.717, 1.165) is 45.9 Å². The number of amides is 1. The number of carbonyl (C=O) groups excluding carboxylic acids is 1. The molecule has 0 saturated heterocycles. The first-order chi connectivity index (χ1) is 17.1. The molecule has 1 atom stereocenters. The number of carbonyl (C=O) groups is 1. The third-order valence-corrected chi connectivity index (χ3v) is 6.37. The Morgan fingerprint density at radius 1 is 0.943 bits per heavy atom. The van der Waals surface area contributed by atoms with Crippen molar-refractivity contribution < 1.29 is 14.3 Å². The molecule has 0 aliphatic carbocycles. The lowest BCUT2D eigenvalue weighted by Crippen LogP contribution is -2.29. The molecule has 0 bridgehead atoms. The molecule has 3 aromatic carbocycles. The molecular weight excluding hydrogens is 438 g/mol. The van der Waals surface area contributed by atoms with Gasteiger partial charge in [-0.2, -0.15) is 5.10 Å². The first-order valence-corrected chi connectivity index (χ1v) is 11.9. The predicted molar refractivity (Wildman–Crippen MR) is 136 cm³/mol. The van der Waals surface area contributed by atoms with Crippen LogP contribution in [0, 0.1) is 6.92 Å². The molecule has 1 aliphatic rings. The lowest BCUT2D eigenvalue weighted by atomic mass is 9.95. The van der Waals surface area contributed by atoms with Crippen molar-refractivity contribution >= 4 is 5.91 Å². The zero-order valence-electron chi connectivity index (χ0n) is 20.2. The fourth-order valence-corrected chi connectivity index (χ4v) is 4.53. The molecule has 0 saturated carbocycles. The summed E-state index contributed by atoms with van der Waals surface area (Å²) in [6, 6.07) is 23.9. The molecule has 1 amide bonds. The van der Waals surface area contributed by atoms with Crippen LogP contribution in [0.2, 0.25) is 0 Å². The maximum atomic E-state index is 13.6. The minimum Gasteiger partial charge on any atom is -0.497 e. The SMILES string of the molecule is CCCOc1ccc(C2c3c(-c4ccc(C)cc4)n[nH]c3C(=O)N2Cc2ccc(OC)cc2)cc1. The van der Waals surface area contributed by atoms with Crippen LogP contribution in [0.1, 0.15) is 52.1 Å². The van der Waals surface area contributed by atoms with Crippen molar-refractivity contribution in [2.24, 2.45) is 0 Å². The molecule has 1 unspecified atom stereocenters. The van der Waals surface area contributed by atoms with Crippen molar-refractivity contribution in [1.29, 1.82) is 0 Å². The van der Waals surface area contributed by atoms with Crippen molar-refractivity contribution in [3.8, 4) is 22.8 Å². The Labute approximate surface area is 205 Å². The molecule has 1 aromatic heterocycles. The summed E-state index contributed by atoms with van der Waals surface area (Å²) in [6.07, 6.45) is 0.951. The van der Waals surface area contributed by atoms with Gasteiger partial charge in [0, 0.05) is 17.7 Å². The number of benzene rings is 3. The molecule has 6 heteroatoms. The first kappa shape index (κ1) is 22.7. The fraction of sp³-hybridized carbons (Fsp3) is 0.241. The zero-order chi connectivity index (χ0) is 24.4. The second-order valence-electron chi connectivity index (χ2n) is 8.83. The topological polar surface area (TPSA) is 67.5 Å². The molecule has 178 valence electrons. The molecule has 35 heavy (non-hydrogen) atoms. The van der Waals surface area contributed by atoms with Crippen molar-refractivity contribution in [3.05, 3.63) is 101 Å². The van der Waals surface area contributed by atoms with Gasteiger partial charge >= 0.3 is 0 Å². The normalized spacial score (nSPS) is 14.8. The molecular formula is C29H29N3O3. The Hall–Kier alpha value is -4.06. The Bertz CT molecular complexity index is 1310. The second-order valence-corrected chi connectivity index (χ2v) is 8.83. The molecule has 1 N–H and O–H groups in total. The van der Waals surface area contributed by atoms with Crippen molar-refractivity contribution in [1.82, 2.24) is 15.1 Å². The van der Waals surface area contributed by atoms with E-state index in [1.165, 1.54) is 5.56 Å². The lowest BCUT2D eigenvalue weighted by Gasteiger charge is -2.27. The molecule has 6 nitrogen and oxygen atoms in total. The summed E-state index contributed by atoms with van der Waals surface area (Å²) >= 11 is 0. The van der Waals surface area contributed by atoms with Crippen LogP contribution in [0.5, 0.6) is 11.5 Å². The number of aromatic nitrogens is 2. The van der Waals surface area contributed by atoms with Gasteiger partial charge in [-0.05, 0) is 48.7 Å². The number of ether oxygens (including phenoxy) is 2. The smallest absolute Gasteiger partial charge is 0.273 e. The van der Waals surface area contributed by atoms with Gasteiger partial charge in [-0.15, -0.1) is 0 Å². The fourth-order valence-electron chi connectivity index (χ4n) is 4.53. The van der Waals surface area contributed by atoms with E-state index in [1.54, 1.807) is 7.11 Å². The quantitative estimate of drug-likeness (QED) is 0.349. The van der Waals surface area contributed by atoms with Crippen LogP contribution in [0.4, 0.5) is 0 Å². The standard InChI is InChI=1S/C29H29N3O3/c1-4-17-35-24-15-11-22(12-16-24)28-25-26(21-9-5-19(2)6-10-21)30-31-27(25)29(33)32(28)18-20-7-13-23(34-3)14-8-20/h5-16,28H,4,17-18H2,1-3H3,(H,30,31). The summed E-state index contributed by atoms with van der Waals surface area (Å²) in [5.41, 5.74) is 6.48. The lowest BCUT2D eigenvalue weighted by molar-refractivity contribution is 0.0730. The van der Waals surface area contributed by atoms with Crippen LogP contribution in [0.3, 0.4) is 0 Å². The molecule has 0 fully saturated rings. The average Bonchev–Trinajstić information content (AvgIpc) is 3.43. The highest BCUT2D eigenvalue weighted by molar-refractivity contribution is 6.00. The number of methoxy groups -OCH3 is 1. The van der Waals surface area contributed by atoms with E-state index in [-0.39, 0.29) is 11.9 Å². The third kappa shape index (κ3) is 4.39. The monoisotopic (exact) mass is 467 g/mol. The summed E-state index contributed by atoms with van der Waals surface area (Å²) in [6.45, 7) is 5.29. The van der Waals surface area contributed by atoms with E-state index >= 15 is 0 Å². The van der Waals surface area contributed by atoms with Crippen molar-refractivity contribution in [2.45, 2.75) is 32.9 Å².